The Morgan fingerprint density at radius 3 is 2.46 bits per heavy atom. The molecule has 0 aromatic carbocycles. The van der Waals surface area contributed by atoms with E-state index in [2.05, 4.69) is 5.32 Å². The first-order chi connectivity index (χ1) is 12.3. The topological polar surface area (TPSA) is 75.2 Å². The summed E-state index contributed by atoms with van der Waals surface area (Å²) < 4.78 is 0. The predicted octanol–water partition coefficient (Wildman–Crippen LogP) is 2.52. The maximum Gasteiger partial charge on any atom is 0.225 e. The number of rotatable bonds is 6. The molecule has 1 aromatic heterocycles. The van der Waals surface area contributed by atoms with Gasteiger partial charge in [0, 0.05) is 48.4 Å². The molecule has 0 unspecified atom stereocenters. The van der Waals surface area contributed by atoms with Gasteiger partial charge in [0.05, 0.1) is 6.42 Å². The third-order valence-electron chi connectivity index (χ3n) is 4.94. The molecule has 0 aliphatic carbocycles. The van der Waals surface area contributed by atoms with E-state index in [4.69, 9.17) is 9.97 Å². The molecule has 1 aromatic rings. The molecule has 2 rings (SSSR count). The Labute approximate surface area is 156 Å². The van der Waals surface area contributed by atoms with E-state index < -0.39 is 0 Å². The number of nitrogens with one attached hydrogen (secondary N) is 1. The number of nitrogens with zero attached hydrogens (tertiary/aromatic N) is 3. The minimum atomic E-state index is 0.0146. The number of hydrogen-bond donors (Lipinski definition) is 1. The van der Waals surface area contributed by atoms with Crippen LogP contribution >= 0.6 is 0 Å². The zero-order valence-electron chi connectivity index (χ0n) is 16.8. The van der Waals surface area contributed by atoms with Crippen LogP contribution in [-0.2, 0) is 16.0 Å². The van der Waals surface area contributed by atoms with Crippen LogP contribution in [-0.4, -0.2) is 46.3 Å². The molecule has 2 amide bonds. The monoisotopic (exact) mass is 360 g/mol. The van der Waals surface area contributed by atoms with E-state index in [1.807, 2.05) is 39.5 Å². The van der Waals surface area contributed by atoms with Crippen molar-refractivity contribution in [1.29, 1.82) is 0 Å². The summed E-state index contributed by atoms with van der Waals surface area (Å²) in [6, 6.07) is 0. The molecule has 1 fully saturated rings. The molecule has 6 heteroatoms. The Hall–Kier alpha value is -1.98. The van der Waals surface area contributed by atoms with Crippen LogP contribution in [0.1, 0.15) is 68.7 Å². The van der Waals surface area contributed by atoms with Gasteiger partial charge in [-0.3, -0.25) is 9.59 Å². The molecule has 6 nitrogen and oxygen atoms in total. The van der Waals surface area contributed by atoms with Gasteiger partial charge in [-0.25, -0.2) is 9.97 Å². The lowest BCUT2D eigenvalue weighted by atomic mass is 9.95. The summed E-state index contributed by atoms with van der Waals surface area (Å²) in [6.45, 7) is 12.0. The molecule has 1 atom stereocenters. The van der Waals surface area contributed by atoms with E-state index in [1.165, 1.54) is 0 Å². The Balaban J connectivity index is 2.13. The number of amides is 2. The van der Waals surface area contributed by atoms with Crippen LogP contribution in [0.15, 0.2) is 0 Å². The van der Waals surface area contributed by atoms with E-state index in [9.17, 15) is 9.59 Å². The molecule has 1 aliphatic heterocycles. The highest BCUT2D eigenvalue weighted by Gasteiger charge is 2.28. The molecule has 0 spiro atoms. The first-order valence-corrected chi connectivity index (χ1v) is 9.73. The van der Waals surface area contributed by atoms with Crippen molar-refractivity contribution in [2.75, 3.05) is 19.6 Å². The van der Waals surface area contributed by atoms with Gasteiger partial charge in [0.1, 0.15) is 5.82 Å². The summed E-state index contributed by atoms with van der Waals surface area (Å²) >= 11 is 0. The minimum Gasteiger partial charge on any atom is -0.356 e. The van der Waals surface area contributed by atoms with Gasteiger partial charge in [-0.05, 0) is 33.1 Å². The second kappa shape index (κ2) is 9.10. The Kier molecular flexibility index (Phi) is 7.12. The average Bonchev–Trinajstić information content (AvgIpc) is 2.62. The van der Waals surface area contributed by atoms with Crippen molar-refractivity contribution < 1.29 is 9.59 Å². The number of carbonyl (C=O) groups is 2. The van der Waals surface area contributed by atoms with E-state index in [1.54, 1.807) is 0 Å². The highest BCUT2D eigenvalue weighted by molar-refractivity contribution is 5.79. The molecule has 26 heavy (non-hydrogen) atoms. The van der Waals surface area contributed by atoms with Crippen LogP contribution in [0.4, 0.5) is 0 Å². The van der Waals surface area contributed by atoms with Crippen molar-refractivity contribution in [3.05, 3.63) is 22.8 Å². The number of aromatic nitrogens is 2. The lowest BCUT2D eigenvalue weighted by Crippen LogP contribution is -2.41. The lowest BCUT2D eigenvalue weighted by molar-refractivity contribution is -0.135. The van der Waals surface area contributed by atoms with Crippen molar-refractivity contribution >= 4 is 11.8 Å². The van der Waals surface area contributed by atoms with E-state index in [0.717, 1.165) is 48.6 Å². The van der Waals surface area contributed by atoms with Gasteiger partial charge in [-0.15, -0.1) is 0 Å². The van der Waals surface area contributed by atoms with Crippen molar-refractivity contribution in [1.82, 2.24) is 20.2 Å². The van der Waals surface area contributed by atoms with Crippen LogP contribution in [0, 0.1) is 19.8 Å². The Bertz CT molecular complexity index is 634. The van der Waals surface area contributed by atoms with Crippen molar-refractivity contribution in [2.24, 2.45) is 5.92 Å². The molecule has 0 bridgehead atoms. The number of piperidine rings is 1. The van der Waals surface area contributed by atoms with E-state index in [0.29, 0.717) is 19.5 Å². The summed E-state index contributed by atoms with van der Waals surface area (Å²) in [6.07, 6.45) is 3.22. The van der Waals surface area contributed by atoms with Crippen molar-refractivity contribution in [2.45, 2.75) is 66.2 Å². The first-order valence-electron chi connectivity index (χ1n) is 9.73. The van der Waals surface area contributed by atoms with Gasteiger partial charge < -0.3 is 10.2 Å². The maximum atomic E-state index is 12.3. The van der Waals surface area contributed by atoms with E-state index >= 15 is 0 Å². The molecule has 1 N–H and O–H groups in total. The van der Waals surface area contributed by atoms with Crippen LogP contribution in [0.25, 0.3) is 0 Å². The second-order valence-corrected chi connectivity index (χ2v) is 7.54. The third-order valence-corrected chi connectivity index (χ3v) is 4.94. The molecule has 1 aliphatic rings. The van der Waals surface area contributed by atoms with Gasteiger partial charge in [-0.1, -0.05) is 20.8 Å². The summed E-state index contributed by atoms with van der Waals surface area (Å²) in [5.74, 6) is 1.21. The highest BCUT2D eigenvalue weighted by atomic mass is 16.2. The summed E-state index contributed by atoms with van der Waals surface area (Å²) in [7, 11) is 0. The summed E-state index contributed by atoms with van der Waals surface area (Å²) in [5.41, 5.74) is 2.64. The zero-order chi connectivity index (χ0) is 19.3. The maximum absolute atomic E-state index is 12.3. The third kappa shape index (κ3) is 5.02. The zero-order valence-corrected chi connectivity index (χ0v) is 16.8. The van der Waals surface area contributed by atoms with Crippen molar-refractivity contribution in [3.63, 3.8) is 0 Å². The average molecular weight is 361 g/mol. The fourth-order valence-corrected chi connectivity index (χ4v) is 3.44. The Morgan fingerprint density at radius 2 is 1.88 bits per heavy atom. The fraction of sp³-hybridized carbons (Fsp3) is 0.700. The predicted molar refractivity (Wildman–Crippen MR) is 102 cm³/mol. The van der Waals surface area contributed by atoms with E-state index in [-0.39, 0.29) is 23.7 Å². The number of carbonyl (C=O) groups excluding carboxylic acids is 2. The molecular formula is C20H32N4O2. The minimum absolute atomic E-state index is 0.0146. The van der Waals surface area contributed by atoms with Gasteiger partial charge in [-0.2, -0.15) is 0 Å². The lowest BCUT2D eigenvalue weighted by Gasteiger charge is -2.33. The number of hydrogen-bond acceptors (Lipinski definition) is 4. The number of likely N-dealkylation sites (tertiary alicyclic amines) is 1. The molecular weight excluding hydrogens is 328 g/mol. The fourth-order valence-electron chi connectivity index (χ4n) is 3.44. The van der Waals surface area contributed by atoms with Crippen LogP contribution < -0.4 is 5.32 Å². The van der Waals surface area contributed by atoms with Gasteiger partial charge >= 0.3 is 0 Å². The van der Waals surface area contributed by atoms with Crippen LogP contribution in [0.5, 0.6) is 0 Å². The SMILES string of the molecule is CCCNC(=O)Cc1c(C)nc([C@H]2CCCN(C(=O)C(C)C)C2)nc1C. The van der Waals surface area contributed by atoms with Gasteiger partial charge in [0.25, 0.3) is 0 Å². The largest absolute Gasteiger partial charge is 0.356 e. The van der Waals surface area contributed by atoms with Crippen LogP contribution in [0.3, 0.4) is 0 Å². The van der Waals surface area contributed by atoms with Gasteiger partial charge in [0.15, 0.2) is 0 Å². The molecule has 144 valence electrons. The number of aryl methyl sites for hydroxylation is 2. The quantitative estimate of drug-likeness (QED) is 0.846. The van der Waals surface area contributed by atoms with Gasteiger partial charge in [0.2, 0.25) is 11.8 Å². The molecule has 2 heterocycles. The Morgan fingerprint density at radius 1 is 1.23 bits per heavy atom. The molecule has 1 saturated heterocycles. The summed E-state index contributed by atoms with van der Waals surface area (Å²) in [4.78, 5) is 35.7. The van der Waals surface area contributed by atoms with Crippen LogP contribution in [0.2, 0.25) is 0 Å². The van der Waals surface area contributed by atoms with Crippen molar-refractivity contribution in [3.8, 4) is 0 Å². The molecule has 0 saturated carbocycles. The first kappa shape index (κ1) is 20.3. The smallest absolute Gasteiger partial charge is 0.225 e. The highest BCUT2D eigenvalue weighted by Crippen LogP contribution is 2.26. The standard InChI is InChI=1S/C20H32N4O2/c1-6-9-21-18(25)11-17-14(4)22-19(23-15(17)5)16-8-7-10-24(12-16)20(26)13(2)3/h13,16H,6-12H2,1-5H3,(H,21,25)/t16-/m0/s1. The molecule has 0 radical (unpaired) electrons. The summed E-state index contributed by atoms with van der Waals surface area (Å²) in [5, 5.41) is 2.90. The second-order valence-electron chi connectivity index (χ2n) is 7.54. The normalized spacial score (nSPS) is 17.5.